The highest BCUT2D eigenvalue weighted by Crippen LogP contribution is 2.39. The van der Waals surface area contributed by atoms with E-state index >= 15 is 0 Å². The van der Waals surface area contributed by atoms with Gasteiger partial charge in [0.1, 0.15) is 11.4 Å². The Labute approximate surface area is 143 Å². The summed E-state index contributed by atoms with van der Waals surface area (Å²) in [4.78, 5) is 20.0. The Kier molecular flexibility index (Phi) is 4.48. The zero-order chi connectivity index (χ0) is 17.3. The maximum Gasteiger partial charge on any atom is 0.262 e. The Hall–Kier alpha value is -2.10. The van der Waals surface area contributed by atoms with E-state index in [-0.39, 0.29) is 22.4 Å². The second-order valence-corrected chi connectivity index (χ2v) is 7.54. The van der Waals surface area contributed by atoms with E-state index in [4.69, 9.17) is 0 Å². The van der Waals surface area contributed by atoms with Crippen molar-refractivity contribution in [1.82, 2.24) is 9.97 Å². The van der Waals surface area contributed by atoms with E-state index in [2.05, 4.69) is 23.8 Å². The van der Waals surface area contributed by atoms with Crippen molar-refractivity contribution in [2.45, 2.75) is 58.3 Å². The van der Waals surface area contributed by atoms with E-state index in [1.165, 1.54) is 19.3 Å². The number of hydrogen-bond donors (Lipinski definition) is 2. The van der Waals surface area contributed by atoms with Crippen LogP contribution in [-0.4, -0.2) is 15.1 Å². The van der Waals surface area contributed by atoms with Crippen molar-refractivity contribution in [2.75, 3.05) is 0 Å². The highest BCUT2D eigenvalue weighted by Gasteiger charge is 2.35. The summed E-state index contributed by atoms with van der Waals surface area (Å²) in [5.74, 6) is 0.898. The summed E-state index contributed by atoms with van der Waals surface area (Å²) in [6, 6.07) is 7.55. The SMILES string of the molecule is Cc1cccc(-c2c(O)nc(C(C)(C)C3CCCCC3)[nH]c2=O)c1. The normalized spacial score (nSPS) is 16.3. The molecule has 0 unspecified atom stereocenters. The summed E-state index contributed by atoms with van der Waals surface area (Å²) in [5, 5.41) is 10.4. The van der Waals surface area contributed by atoms with Crippen LogP contribution in [-0.2, 0) is 5.41 Å². The van der Waals surface area contributed by atoms with Gasteiger partial charge < -0.3 is 10.1 Å². The number of aromatic amines is 1. The fourth-order valence-corrected chi connectivity index (χ4v) is 3.84. The van der Waals surface area contributed by atoms with Crippen LogP contribution in [0, 0.1) is 12.8 Å². The quantitative estimate of drug-likeness (QED) is 0.883. The van der Waals surface area contributed by atoms with E-state index in [0.29, 0.717) is 17.3 Å². The first-order valence-corrected chi connectivity index (χ1v) is 8.80. The van der Waals surface area contributed by atoms with Gasteiger partial charge in [-0.2, -0.15) is 4.98 Å². The zero-order valence-corrected chi connectivity index (χ0v) is 14.7. The minimum absolute atomic E-state index is 0.178. The Bertz CT molecular complexity index is 786. The summed E-state index contributed by atoms with van der Waals surface area (Å²) < 4.78 is 0. The van der Waals surface area contributed by atoms with Crippen molar-refractivity contribution < 1.29 is 5.11 Å². The monoisotopic (exact) mass is 326 g/mol. The van der Waals surface area contributed by atoms with Crippen LogP contribution < -0.4 is 5.56 Å². The molecule has 0 amide bonds. The van der Waals surface area contributed by atoms with Gasteiger partial charge in [0.25, 0.3) is 5.56 Å². The Morgan fingerprint density at radius 2 is 1.92 bits per heavy atom. The van der Waals surface area contributed by atoms with Gasteiger partial charge >= 0.3 is 0 Å². The fourth-order valence-electron chi connectivity index (χ4n) is 3.84. The summed E-state index contributed by atoms with van der Waals surface area (Å²) in [6.07, 6.45) is 6.04. The van der Waals surface area contributed by atoms with E-state index in [0.717, 1.165) is 18.4 Å². The molecule has 1 saturated carbocycles. The van der Waals surface area contributed by atoms with E-state index in [9.17, 15) is 9.90 Å². The number of aromatic nitrogens is 2. The largest absolute Gasteiger partial charge is 0.493 e. The zero-order valence-electron chi connectivity index (χ0n) is 14.7. The topological polar surface area (TPSA) is 66.0 Å². The number of H-pyrrole nitrogens is 1. The molecule has 3 rings (SSSR count). The Morgan fingerprint density at radius 3 is 2.54 bits per heavy atom. The maximum atomic E-state index is 12.6. The van der Waals surface area contributed by atoms with E-state index in [1.807, 2.05) is 31.2 Å². The van der Waals surface area contributed by atoms with Crippen LogP contribution in [0.4, 0.5) is 0 Å². The molecule has 1 fully saturated rings. The average molecular weight is 326 g/mol. The highest BCUT2D eigenvalue weighted by atomic mass is 16.3. The molecule has 4 nitrogen and oxygen atoms in total. The standard InChI is InChI=1S/C20H26N2O2/c1-13-8-7-9-14(12-13)16-17(23)21-19(22-18(16)24)20(2,3)15-10-5-4-6-11-15/h7-9,12,15H,4-6,10-11H2,1-3H3,(H2,21,22,23,24). The summed E-state index contributed by atoms with van der Waals surface area (Å²) >= 11 is 0. The number of aromatic hydroxyl groups is 1. The molecule has 0 aliphatic heterocycles. The number of aryl methyl sites for hydroxylation is 1. The number of nitrogens with one attached hydrogen (secondary N) is 1. The molecule has 24 heavy (non-hydrogen) atoms. The minimum Gasteiger partial charge on any atom is -0.493 e. The average Bonchev–Trinajstić information content (AvgIpc) is 2.55. The molecule has 2 aromatic rings. The van der Waals surface area contributed by atoms with Gasteiger partial charge in [0, 0.05) is 5.41 Å². The molecule has 1 aliphatic carbocycles. The van der Waals surface area contributed by atoms with Gasteiger partial charge in [-0.05, 0) is 31.2 Å². The van der Waals surface area contributed by atoms with Crippen molar-refractivity contribution in [2.24, 2.45) is 5.92 Å². The smallest absolute Gasteiger partial charge is 0.262 e. The number of hydrogen-bond acceptors (Lipinski definition) is 3. The molecule has 2 N–H and O–H groups in total. The van der Waals surface area contributed by atoms with Gasteiger partial charge in [0.2, 0.25) is 5.88 Å². The van der Waals surface area contributed by atoms with Crippen LogP contribution >= 0.6 is 0 Å². The molecular weight excluding hydrogens is 300 g/mol. The van der Waals surface area contributed by atoms with E-state index < -0.39 is 0 Å². The second-order valence-electron chi connectivity index (χ2n) is 7.54. The lowest BCUT2D eigenvalue weighted by atomic mass is 9.70. The van der Waals surface area contributed by atoms with Crippen LogP contribution in [0.1, 0.15) is 57.3 Å². The lowest BCUT2D eigenvalue weighted by Gasteiger charge is -2.36. The van der Waals surface area contributed by atoms with Crippen molar-refractivity contribution in [3.8, 4) is 17.0 Å². The maximum absolute atomic E-state index is 12.6. The third kappa shape index (κ3) is 3.10. The van der Waals surface area contributed by atoms with Crippen molar-refractivity contribution in [3.63, 3.8) is 0 Å². The molecule has 0 atom stereocenters. The molecule has 0 radical (unpaired) electrons. The van der Waals surface area contributed by atoms with Gasteiger partial charge in [0.15, 0.2) is 0 Å². The predicted molar refractivity (Wildman–Crippen MR) is 96.3 cm³/mol. The van der Waals surface area contributed by atoms with Gasteiger partial charge in [-0.25, -0.2) is 0 Å². The molecule has 128 valence electrons. The van der Waals surface area contributed by atoms with Crippen LogP contribution in [0.2, 0.25) is 0 Å². The van der Waals surface area contributed by atoms with Crippen molar-refractivity contribution in [1.29, 1.82) is 0 Å². The Morgan fingerprint density at radius 1 is 1.21 bits per heavy atom. The molecule has 1 aliphatic rings. The lowest BCUT2D eigenvalue weighted by Crippen LogP contribution is -2.34. The molecule has 1 aromatic heterocycles. The molecule has 1 heterocycles. The third-order valence-electron chi connectivity index (χ3n) is 5.44. The van der Waals surface area contributed by atoms with Crippen molar-refractivity contribution >= 4 is 0 Å². The molecule has 0 spiro atoms. The first kappa shape index (κ1) is 16.7. The van der Waals surface area contributed by atoms with Gasteiger partial charge in [-0.1, -0.05) is 62.9 Å². The van der Waals surface area contributed by atoms with Gasteiger partial charge in [-0.15, -0.1) is 0 Å². The van der Waals surface area contributed by atoms with E-state index in [1.54, 1.807) is 0 Å². The lowest BCUT2D eigenvalue weighted by molar-refractivity contribution is 0.224. The summed E-state index contributed by atoms with van der Waals surface area (Å²) in [5.41, 5.74) is 1.47. The first-order chi connectivity index (χ1) is 11.4. The fraction of sp³-hybridized carbons (Fsp3) is 0.500. The van der Waals surface area contributed by atoms with Crippen LogP contribution in [0.25, 0.3) is 11.1 Å². The minimum atomic E-state index is -0.271. The van der Waals surface area contributed by atoms with Crippen LogP contribution in [0.3, 0.4) is 0 Å². The number of rotatable bonds is 3. The van der Waals surface area contributed by atoms with Crippen LogP contribution in [0.5, 0.6) is 5.88 Å². The van der Waals surface area contributed by atoms with Crippen molar-refractivity contribution in [3.05, 3.63) is 46.0 Å². The molecule has 1 aromatic carbocycles. The number of benzene rings is 1. The second kappa shape index (κ2) is 6.42. The van der Waals surface area contributed by atoms with Crippen LogP contribution in [0.15, 0.2) is 29.1 Å². The first-order valence-electron chi connectivity index (χ1n) is 8.80. The third-order valence-corrected chi connectivity index (χ3v) is 5.44. The molecule has 0 saturated heterocycles. The van der Waals surface area contributed by atoms with Gasteiger partial charge in [0.05, 0.1) is 0 Å². The molecule has 0 bridgehead atoms. The number of nitrogens with zero attached hydrogens (tertiary/aromatic N) is 1. The molecular formula is C20H26N2O2. The molecule has 4 heteroatoms. The predicted octanol–water partition coefficient (Wildman–Crippen LogP) is 4.31. The summed E-state index contributed by atoms with van der Waals surface area (Å²) in [7, 11) is 0. The highest BCUT2D eigenvalue weighted by molar-refractivity contribution is 5.67. The van der Waals surface area contributed by atoms with Gasteiger partial charge in [-0.3, -0.25) is 4.79 Å². The Balaban J connectivity index is 2.02. The summed E-state index contributed by atoms with van der Waals surface area (Å²) in [6.45, 7) is 6.20.